The van der Waals surface area contributed by atoms with Crippen LogP contribution in [-0.4, -0.2) is 47.4 Å². The molecule has 2 aromatic rings. The first-order valence-corrected chi connectivity index (χ1v) is 10.9. The summed E-state index contributed by atoms with van der Waals surface area (Å²) < 4.78 is 29.6. The van der Waals surface area contributed by atoms with Gasteiger partial charge < -0.3 is 10.2 Å². The number of rotatable bonds is 5. The van der Waals surface area contributed by atoms with E-state index in [-0.39, 0.29) is 28.2 Å². The average molecular weight is 442 g/mol. The number of allylic oxidation sites excluding steroid dienone is 2. The highest BCUT2D eigenvalue weighted by atomic mass is 19.2. The Kier molecular flexibility index (Phi) is 6.79. The van der Waals surface area contributed by atoms with Crippen LogP contribution >= 0.6 is 0 Å². The second-order valence-electron chi connectivity index (χ2n) is 9.75. The number of aliphatic imine (C=N–C) groups is 1. The van der Waals surface area contributed by atoms with Gasteiger partial charge in [0.15, 0.2) is 11.6 Å². The molecule has 2 heterocycles. The minimum absolute atomic E-state index is 0.00468. The highest BCUT2D eigenvalue weighted by molar-refractivity contribution is 6.09. The van der Waals surface area contributed by atoms with E-state index >= 15 is 0 Å². The third-order valence-corrected chi connectivity index (χ3v) is 5.96. The molecule has 0 atom stereocenters. The molecule has 0 amide bonds. The number of halogens is 2. The molecule has 1 aliphatic rings. The predicted octanol–water partition coefficient (Wildman–Crippen LogP) is 5.27. The molecule has 5 nitrogen and oxygen atoms in total. The molecule has 1 saturated heterocycles. The first-order chi connectivity index (χ1) is 15.0. The number of aromatic nitrogens is 2. The van der Waals surface area contributed by atoms with Crippen LogP contribution in [0.5, 0.6) is 0 Å². The predicted molar refractivity (Wildman–Crippen MR) is 128 cm³/mol. The Morgan fingerprint density at radius 3 is 2.28 bits per heavy atom. The topological polar surface area (TPSA) is 53.4 Å². The van der Waals surface area contributed by atoms with Crippen LogP contribution in [-0.2, 0) is 0 Å². The van der Waals surface area contributed by atoms with E-state index in [1.165, 1.54) is 18.5 Å². The van der Waals surface area contributed by atoms with Gasteiger partial charge in [0.1, 0.15) is 5.82 Å². The lowest BCUT2D eigenvalue weighted by atomic mass is 9.79. The molecule has 1 aliphatic heterocycles. The van der Waals surface area contributed by atoms with Gasteiger partial charge in [0.25, 0.3) is 0 Å². The summed E-state index contributed by atoms with van der Waals surface area (Å²) >= 11 is 0. The van der Waals surface area contributed by atoms with E-state index < -0.39 is 11.6 Å². The van der Waals surface area contributed by atoms with Crippen LogP contribution in [0.1, 0.15) is 53.0 Å². The molecule has 32 heavy (non-hydrogen) atoms. The fraction of sp³-hybridized carbons (Fsp3) is 0.480. The molecule has 0 spiro atoms. The van der Waals surface area contributed by atoms with Crippen molar-refractivity contribution in [3.63, 3.8) is 0 Å². The molecule has 7 heteroatoms. The van der Waals surface area contributed by atoms with Gasteiger partial charge in [-0.15, -0.1) is 0 Å². The minimum atomic E-state index is -0.941. The van der Waals surface area contributed by atoms with Gasteiger partial charge in [0, 0.05) is 48.6 Å². The maximum Gasteiger partial charge on any atom is 0.168 e. The quantitative estimate of drug-likeness (QED) is 0.642. The summed E-state index contributed by atoms with van der Waals surface area (Å²) in [4.78, 5) is 15.0. The molecule has 0 bridgehead atoms. The summed E-state index contributed by atoms with van der Waals surface area (Å²) in [6.45, 7) is 10.6. The van der Waals surface area contributed by atoms with Crippen LogP contribution in [0.2, 0.25) is 0 Å². The summed E-state index contributed by atoms with van der Waals surface area (Å²) in [5.41, 5.74) is 1.07. The number of nitrogens with zero attached hydrogens (tertiary/aromatic N) is 4. The van der Waals surface area contributed by atoms with Crippen molar-refractivity contribution in [3.8, 4) is 11.3 Å². The van der Waals surface area contributed by atoms with Crippen molar-refractivity contribution in [3.05, 3.63) is 47.8 Å². The zero-order chi connectivity index (χ0) is 23.7. The smallest absolute Gasteiger partial charge is 0.168 e. The van der Waals surface area contributed by atoms with Crippen LogP contribution in [0.25, 0.3) is 16.8 Å². The average Bonchev–Trinajstić information content (AvgIpc) is 2.72. The maximum atomic E-state index is 14.9. The van der Waals surface area contributed by atoms with E-state index in [1.807, 2.05) is 7.05 Å². The maximum absolute atomic E-state index is 14.9. The Bertz CT molecular complexity index is 1010. The van der Waals surface area contributed by atoms with Crippen molar-refractivity contribution < 1.29 is 8.78 Å². The van der Waals surface area contributed by atoms with Gasteiger partial charge in [-0.1, -0.05) is 12.1 Å². The number of benzene rings is 1. The highest BCUT2D eigenvalue weighted by Crippen LogP contribution is 2.33. The lowest BCUT2D eigenvalue weighted by Gasteiger charge is -2.49. The number of nitrogens with one attached hydrogen (secondary N) is 1. The third kappa shape index (κ3) is 5.04. The summed E-state index contributed by atoms with van der Waals surface area (Å²) in [6.07, 6.45) is 8.26. The van der Waals surface area contributed by atoms with E-state index in [0.717, 1.165) is 12.8 Å². The first-order valence-electron chi connectivity index (χ1n) is 10.9. The van der Waals surface area contributed by atoms with E-state index in [4.69, 9.17) is 0 Å². The summed E-state index contributed by atoms with van der Waals surface area (Å²) in [5.74, 6) is -1.15. The first kappa shape index (κ1) is 24.0. The van der Waals surface area contributed by atoms with E-state index in [1.54, 1.807) is 32.3 Å². The second kappa shape index (κ2) is 9.06. The van der Waals surface area contributed by atoms with Crippen LogP contribution in [0.3, 0.4) is 0 Å². The largest absolute Gasteiger partial charge is 0.355 e. The Morgan fingerprint density at radius 2 is 1.75 bits per heavy atom. The highest BCUT2D eigenvalue weighted by Gasteiger charge is 2.39. The Balaban J connectivity index is 1.87. The molecule has 0 aliphatic carbocycles. The molecule has 1 fully saturated rings. The lowest BCUT2D eigenvalue weighted by molar-refractivity contribution is 0.160. The number of piperidine rings is 1. The Morgan fingerprint density at radius 1 is 1.09 bits per heavy atom. The molecule has 1 aromatic heterocycles. The van der Waals surface area contributed by atoms with Crippen LogP contribution in [0.4, 0.5) is 14.6 Å². The van der Waals surface area contributed by atoms with Crippen LogP contribution in [0.15, 0.2) is 35.6 Å². The van der Waals surface area contributed by atoms with Crippen molar-refractivity contribution in [2.75, 3.05) is 19.0 Å². The fourth-order valence-corrected chi connectivity index (χ4v) is 4.78. The molecule has 172 valence electrons. The molecule has 0 radical (unpaired) electrons. The van der Waals surface area contributed by atoms with Crippen LogP contribution in [0, 0.1) is 11.6 Å². The number of hydrogen-bond donors (Lipinski definition) is 1. The van der Waals surface area contributed by atoms with Crippen molar-refractivity contribution >= 4 is 17.6 Å². The summed E-state index contributed by atoms with van der Waals surface area (Å²) in [6, 6.07) is 3.37. The minimum Gasteiger partial charge on any atom is -0.355 e. The summed E-state index contributed by atoms with van der Waals surface area (Å²) in [5, 5.41) is 3.68. The molecular weight excluding hydrogens is 408 g/mol. The number of hydrogen-bond acceptors (Lipinski definition) is 5. The zero-order valence-electron chi connectivity index (χ0n) is 20.0. The van der Waals surface area contributed by atoms with Crippen molar-refractivity contribution in [1.82, 2.24) is 15.3 Å². The Hall–Kier alpha value is -2.67. The Labute approximate surface area is 189 Å². The van der Waals surface area contributed by atoms with E-state index in [0.29, 0.717) is 17.1 Å². The van der Waals surface area contributed by atoms with Gasteiger partial charge in [0.05, 0.1) is 18.1 Å². The van der Waals surface area contributed by atoms with Gasteiger partial charge in [-0.3, -0.25) is 9.98 Å². The summed E-state index contributed by atoms with van der Waals surface area (Å²) in [7, 11) is 3.60. The van der Waals surface area contributed by atoms with Crippen molar-refractivity contribution in [1.29, 1.82) is 0 Å². The lowest BCUT2D eigenvalue weighted by Crippen LogP contribution is -2.62. The fourth-order valence-electron chi connectivity index (χ4n) is 4.78. The number of anilines is 1. The SMILES string of the molecule is C/C=C(\C=NC)c1ccc(-c2cnc(N(C)C3CC(C)(C)NC(C)(C)C3)cn2)c(F)c1F. The molecule has 1 aromatic carbocycles. The van der Waals surface area contributed by atoms with Gasteiger partial charge in [-0.05, 0) is 59.1 Å². The van der Waals surface area contributed by atoms with Crippen molar-refractivity contribution in [2.24, 2.45) is 4.99 Å². The standard InChI is InChI=1S/C25H33F2N5/c1-8-16(13-28-6)18-9-10-19(23(27)22(18)26)20-14-30-21(15-29-20)32(7)17-11-24(2,3)31-25(4,5)12-17/h8-10,13-15,17,31H,11-12H2,1-7H3/b16-8+,28-13?. The third-order valence-electron chi connectivity index (χ3n) is 5.96. The van der Waals surface area contributed by atoms with Gasteiger partial charge >= 0.3 is 0 Å². The van der Waals surface area contributed by atoms with Gasteiger partial charge in [-0.25, -0.2) is 13.8 Å². The monoisotopic (exact) mass is 441 g/mol. The van der Waals surface area contributed by atoms with Gasteiger partial charge in [-0.2, -0.15) is 0 Å². The van der Waals surface area contributed by atoms with Crippen LogP contribution < -0.4 is 10.2 Å². The van der Waals surface area contributed by atoms with E-state index in [9.17, 15) is 8.78 Å². The molecule has 3 rings (SSSR count). The second-order valence-corrected chi connectivity index (χ2v) is 9.75. The van der Waals surface area contributed by atoms with Gasteiger partial charge in [0.2, 0.25) is 0 Å². The molecule has 0 saturated carbocycles. The zero-order valence-corrected chi connectivity index (χ0v) is 20.0. The van der Waals surface area contributed by atoms with Crippen molar-refractivity contribution in [2.45, 2.75) is 64.6 Å². The molecular formula is C25H33F2N5. The van der Waals surface area contributed by atoms with E-state index in [2.05, 4.69) is 52.9 Å². The normalized spacial score (nSPS) is 18.8. The molecule has 0 unspecified atom stereocenters. The molecule has 1 N–H and O–H groups in total.